The molecule has 1 atom stereocenters. The Kier molecular flexibility index (Phi) is 3.74. The van der Waals surface area contributed by atoms with E-state index in [1.807, 2.05) is 45.0 Å². The van der Waals surface area contributed by atoms with Gasteiger partial charge in [0.25, 0.3) is 0 Å². The molecule has 102 valence electrons. The monoisotopic (exact) mass is 261 g/mol. The van der Waals surface area contributed by atoms with E-state index in [0.717, 1.165) is 11.3 Å². The Labute approximate surface area is 113 Å². The Bertz CT molecular complexity index is 499. The molecule has 1 aliphatic heterocycles. The zero-order chi connectivity index (χ0) is 14.0. The van der Waals surface area contributed by atoms with Crippen molar-refractivity contribution in [1.82, 2.24) is 10.2 Å². The van der Waals surface area contributed by atoms with Crippen LogP contribution in [0.1, 0.15) is 32.4 Å². The number of hydrogen-bond acceptors (Lipinski definition) is 3. The molecular weight excluding hydrogens is 242 g/mol. The topological polar surface area (TPSA) is 65.4 Å². The van der Waals surface area contributed by atoms with Crippen molar-refractivity contribution < 1.29 is 9.53 Å². The molecule has 1 aromatic carbocycles. The molecule has 5 heteroatoms. The van der Waals surface area contributed by atoms with Crippen molar-refractivity contribution in [3.8, 4) is 5.75 Å². The number of nitrogens with one attached hydrogen (secondary N) is 2. The Morgan fingerprint density at radius 2 is 2.11 bits per heavy atom. The van der Waals surface area contributed by atoms with Gasteiger partial charge in [-0.25, -0.2) is 4.79 Å². The Morgan fingerprint density at radius 3 is 2.74 bits per heavy atom. The fraction of sp³-hybridized carbons (Fsp3) is 0.429. The maximum atomic E-state index is 11.9. The summed E-state index contributed by atoms with van der Waals surface area (Å²) in [5.74, 6) is 0.924. The minimum absolute atomic E-state index is 0.0162. The van der Waals surface area contributed by atoms with Crippen LogP contribution in [0.3, 0.4) is 0 Å². The molecule has 1 unspecified atom stereocenters. The van der Waals surface area contributed by atoms with Crippen LogP contribution in [0.2, 0.25) is 0 Å². The molecule has 0 spiro atoms. The summed E-state index contributed by atoms with van der Waals surface area (Å²) in [6.07, 6.45) is 0. The largest absolute Gasteiger partial charge is 0.494 e. The van der Waals surface area contributed by atoms with Gasteiger partial charge in [-0.15, -0.1) is 0 Å². The fourth-order valence-corrected chi connectivity index (χ4v) is 2.34. The van der Waals surface area contributed by atoms with Crippen molar-refractivity contribution in [3.05, 3.63) is 29.8 Å². The first-order valence-electron chi connectivity index (χ1n) is 6.45. The van der Waals surface area contributed by atoms with E-state index in [2.05, 4.69) is 5.32 Å². The number of benzene rings is 1. The number of amides is 2. The van der Waals surface area contributed by atoms with Crippen LogP contribution in [0.25, 0.3) is 0 Å². The zero-order valence-electron chi connectivity index (χ0n) is 11.4. The van der Waals surface area contributed by atoms with Crippen molar-refractivity contribution >= 4 is 11.9 Å². The highest BCUT2D eigenvalue weighted by Gasteiger charge is 2.39. The summed E-state index contributed by atoms with van der Waals surface area (Å²) in [6.45, 7) is 6.35. The molecule has 0 aromatic heterocycles. The second-order valence-electron chi connectivity index (χ2n) is 4.72. The number of urea groups is 1. The maximum Gasteiger partial charge on any atom is 0.323 e. The van der Waals surface area contributed by atoms with Crippen LogP contribution in [-0.4, -0.2) is 29.4 Å². The van der Waals surface area contributed by atoms with E-state index in [1.165, 1.54) is 0 Å². The van der Waals surface area contributed by atoms with E-state index in [1.54, 1.807) is 4.90 Å². The van der Waals surface area contributed by atoms with Crippen molar-refractivity contribution in [3.63, 3.8) is 0 Å². The molecule has 2 amide bonds. The van der Waals surface area contributed by atoms with E-state index in [-0.39, 0.29) is 17.9 Å². The van der Waals surface area contributed by atoms with Crippen LogP contribution in [0.15, 0.2) is 24.3 Å². The van der Waals surface area contributed by atoms with Crippen LogP contribution in [0.5, 0.6) is 5.75 Å². The molecule has 2 rings (SSSR count). The highest BCUT2D eigenvalue weighted by Crippen LogP contribution is 2.33. The van der Waals surface area contributed by atoms with Crippen molar-refractivity contribution in [2.24, 2.45) is 0 Å². The molecule has 0 radical (unpaired) electrons. The molecule has 0 bridgehead atoms. The lowest BCUT2D eigenvalue weighted by atomic mass is 10.0. The van der Waals surface area contributed by atoms with Gasteiger partial charge < -0.3 is 9.64 Å². The third-order valence-corrected chi connectivity index (χ3v) is 3.10. The number of carbonyl (C=O) groups excluding carboxylic acids is 1. The normalized spacial score (nSPS) is 18.9. The van der Waals surface area contributed by atoms with Gasteiger partial charge in [0.1, 0.15) is 17.6 Å². The summed E-state index contributed by atoms with van der Waals surface area (Å²) >= 11 is 0. The van der Waals surface area contributed by atoms with Gasteiger partial charge in [0.05, 0.1) is 6.61 Å². The van der Waals surface area contributed by atoms with Gasteiger partial charge in [0, 0.05) is 11.6 Å². The number of carbonyl (C=O) groups is 1. The van der Waals surface area contributed by atoms with Gasteiger partial charge in [-0.1, -0.05) is 18.2 Å². The average Bonchev–Trinajstić information content (AvgIpc) is 2.65. The molecule has 2 N–H and O–H groups in total. The van der Waals surface area contributed by atoms with E-state index < -0.39 is 6.04 Å². The van der Waals surface area contributed by atoms with Crippen LogP contribution >= 0.6 is 0 Å². The highest BCUT2D eigenvalue weighted by molar-refractivity contribution is 6.06. The van der Waals surface area contributed by atoms with Crippen molar-refractivity contribution in [1.29, 1.82) is 5.41 Å². The van der Waals surface area contributed by atoms with Crippen LogP contribution in [0, 0.1) is 5.41 Å². The zero-order valence-corrected chi connectivity index (χ0v) is 11.4. The summed E-state index contributed by atoms with van der Waals surface area (Å²) < 4.78 is 5.60. The van der Waals surface area contributed by atoms with Gasteiger partial charge >= 0.3 is 6.03 Å². The summed E-state index contributed by atoms with van der Waals surface area (Å²) in [6, 6.07) is 6.95. The number of rotatable bonds is 4. The van der Waals surface area contributed by atoms with Gasteiger partial charge in [-0.2, -0.15) is 0 Å². The Balaban J connectivity index is 2.44. The lowest BCUT2D eigenvalue weighted by Gasteiger charge is -2.27. The van der Waals surface area contributed by atoms with Gasteiger partial charge in [-0.3, -0.25) is 10.7 Å². The molecule has 0 saturated carbocycles. The van der Waals surface area contributed by atoms with Crippen LogP contribution < -0.4 is 10.1 Å². The molecule has 1 heterocycles. The molecule has 1 aliphatic rings. The quantitative estimate of drug-likeness (QED) is 0.874. The van der Waals surface area contributed by atoms with E-state index in [4.69, 9.17) is 10.1 Å². The molecule has 5 nitrogen and oxygen atoms in total. The summed E-state index contributed by atoms with van der Waals surface area (Å²) in [5.41, 5.74) is 0.849. The standard InChI is InChI=1S/C14H19N3O2/c1-4-19-11-8-6-5-7-10(11)12-13(15)16-14(18)17(12)9(2)3/h5-9,12H,4H2,1-3H3,(H2,15,16,18). The number of amidine groups is 1. The first kappa shape index (κ1) is 13.4. The molecule has 19 heavy (non-hydrogen) atoms. The third-order valence-electron chi connectivity index (χ3n) is 3.10. The Morgan fingerprint density at radius 1 is 1.42 bits per heavy atom. The third kappa shape index (κ3) is 2.41. The minimum Gasteiger partial charge on any atom is -0.494 e. The first-order chi connectivity index (χ1) is 9.06. The minimum atomic E-state index is -0.393. The molecular formula is C14H19N3O2. The summed E-state index contributed by atoms with van der Waals surface area (Å²) in [7, 11) is 0. The van der Waals surface area contributed by atoms with E-state index in [0.29, 0.717) is 6.61 Å². The predicted molar refractivity (Wildman–Crippen MR) is 73.6 cm³/mol. The lowest BCUT2D eigenvalue weighted by Crippen LogP contribution is -2.35. The van der Waals surface area contributed by atoms with Crippen LogP contribution in [-0.2, 0) is 0 Å². The van der Waals surface area contributed by atoms with Crippen molar-refractivity contribution in [2.45, 2.75) is 32.9 Å². The number of nitrogens with zero attached hydrogens (tertiary/aromatic N) is 1. The predicted octanol–water partition coefficient (Wildman–Crippen LogP) is 2.54. The summed E-state index contributed by atoms with van der Waals surface area (Å²) in [5, 5.41) is 10.6. The SMILES string of the molecule is CCOc1ccccc1C1C(=N)NC(=O)N1C(C)C. The van der Waals surface area contributed by atoms with Crippen LogP contribution in [0.4, 0.5) is 4.79 Å². The first-order valence-corrected chi connectivity index (χ1v) is 6.45. The molecule has 1 fully saturated rings. The van der Waals surface area contributed by atoms with Crippen molar-refractivity contribution in [2.75, 3.05) is 6.61 Å². The summed E-state index contributed by atoms with van der Waals surface area (Å²) in [4.78, 5) is 13.6. The van der Waals surface area contributed by atoms with Gasteiger partial charge in [0.2, 0.25) is 0 Å². The second-order valence-corrected chi connectivity index (χ2v) is 4.72. The number of para-hydroxylation sites is 1. The number of hydrogen-bond donors (Lipinski definition) is 2. The molecule has 1 aromatic rings. The molecule has 1 saturated heterocycles. The number of ether oxygens (including phenoxy) is 1. The fourth-order valence-electron chi connectivity index (χ4n) is 2.34. The maximum absolute atomic E-state index is 11.9. The molecule has 0 aliphatic carbocycles. The van der Waals surface area contributed by atoms with E-state index >= 15 is 0 Å². The Hall–Kier alpha value is -2.04. The van der Waals surface area contributed by atoms with Gasteiger partial charge in [-0.05, 0) is 26.8 Å². The average molecular weight is 261 g/mol. The highest BCUT2D eigenvalue weighted by atomic mass is 16.5. The second kappa shape index (κ2) is 5.30. The van der Waals surface area contributed by atoms with E-state index in [9.17, 15) is 4.79 Å². The smallest absolute Gasteiger partial charge is 0.323 e. The van der Waals surface area contributed by atoms with Gasteiger partial charge in [0.15, 0.2) is 0 Å². The lowest BCUT2D eigenvalue weighted by molar-refractivity contribution is 0.189.